The number of amides is 1. The summed E-state index contributed by atoms with van der Waals surface area (Å²) in [5, 5.41) is 4.05. The highest BCUT2D eigenvalue weighted by Crippen LogP contribution is 2.08. The van der Waals surface area contributed by atoms with E-state index in [2.05, 4.69) is 10.1 Å². The normalized spacial score (nSPS) is 11.1. The van der Waals surface area contributed by atoms with E-state index in [0.29, 0.717) is 5.65 Å². The molecule has 1 amide bonds. The van der Waals surface area contributed by atoms with Crippen LogP contribution in [0.1, 0.15) is 5.56 Å². The zero-order chi connectivity index (χ0) is 9.97. The third kappa shape index (κ3) is 1.47. The lowest BCUT2D eigenvalue weighted by molar-refractivity contribution is -0.113. The highest BCUT2D eigenvalue weighted by molar-refractivity contribution is 5.91. The summed E-state index contributed by atoms with van der Waals surface area (Å²) in [6.07, 6.45) is 7.95. The van der Waals surface area contributed by atoms with Gasteiger partial charge in [-0.1, -0.05) is 0 Å². The minimum Gasteiger partial charge on any atom is -0.366 e. The van der Waals surface area contributed by atoms with Crippen LogP contribution in [0.5, 0.6) is 0 Å². The predicted molar refractivity (Wildman–Crippen MR) is 51.2 cm³/mol. The van der Waals surface area contributed by atoms with Crippen LogP contribution in [0.4, 0.5) is 0 Å². The van der Waals surface area contributed by atoms with E-state index in [9.17, 15) is 4.79 Å². The Morgan fingerprint density at radius 1 is 1.57 bits per heavy atom. The van der Waals surface area contributed by atoms with E-state index < -0.39 is 5.91 Å². The number of carbonyl (C=O) groups is 1. The Hall–Kier alpha value is -2.17. The Morgan fingerprint density at radius 3 is 3.21 bits per heavy atom. The summed E-state index contributed by atoms with van der Waals surface area (Å²) in [5.41, 5.74) is 6.45. The van der Waals surface area contributed by atoms with E-state index >= 15 is 0 Å². The molecule has 0 spiro atoms. The number of nitrogens with zero attached hydrogens (tertiary/aromatic N) is 3. The lowest BCUT2D eigenvalue weighted by Crippen LogP contribution is -2.05. The van der Waals surface area contributed by atoms with Crippen molar-refractivity contribution in [3.63, 3.8) is 0 Å². The third-order valence-electron chi connectivity index (χ3n) is 1.73. The molecule has 0 radical (unpaired) electrons. The minimum atomic E-state index is -0.486. The number of aromatic nitrogens is 3. The second-order valence-electron chi connectivity index (χ2n) is 2.72. The van der Waals surface area contributed by atoms with Crippen LogP contribution in [0.15, 0.2) is 30.7 Å². The molecule has 70 valence electrons. The smallest absolute Gasteiger partial charge is 0.241 e. The molecule has 0 fully saturated rings. The second-order valence-corrected chi connectivity index (χ2v) is 2.72. The first-order valence-electron chi connectivity index (χ1n) is 4.03. The van der Waals surface area contributed by atoms with Gasteiger partial charge < -0.3 is 5.73 Å². The predicted octanol–water partition coefficient (Wildman–Crippen LogP) is 0.228. The molecule has 5 heteroatoms. The molecule has 0 bridgehead atoms. The number of carbonyl (C=O) groups excluding carboxylic acids is 1. The average Bonchev–Trinajstić information content (AvgIpc) is 2.58. The topological polar surface area (TPSA) is 73.3 Å². The third-order valence-corrected chi connectivity index (χ3v) is 1.73. The van der Waals surface area contributed by atoms with Gasteiger partial charge in [-0.2, -0.15) is 5.10 Å². The molecule has 2 rings (SSSR count). The quantitative estimate of drug-likeness (QED) is 0.685. The van der Waals surface area contributed by atoms with Crippen molar-refractivity contribution in [2.75, 3.05) is 0 Å². The van der Waals surface area contributed by atoms with Crippen molar-refractivity contribution in [1.82, 2.24) is 14.6 Å². The minimum absolute atomic E-state index is 0.486. The monoisotopic (exact) mass is 188 g/mol. The lowest BCUT2D eigenvalue weighted by atomic mass is 10.3. The zero-order valence-electron chi connectivity index (χ0n) is 7.29. The van der Waals surface area contributed by atoms with Gasteiger partial charge in [0.05, 0.1) is 6.20 Å². The molecule has 0 unspecified atom stereocenters. The number of hydrogen-bond acceptors (Lipinski definition) is 3. The number of fused-ring (bicyclic) bond motifs is 1. The summed E-state index contributed by atoms with van der Waals surface area (Å²) in [7, 11) is 0. The molecule has 0 aliphatic rings. The van der Waals surface area contributed by atoms with E-state index in [4.69, 9.17) is 5.73 Å². The summed E-state index contributed by atoms with van der Waals surface area (Å²) in [6.45, 7) is 0. The molecule has 2 aromatic heterocycles. The lowest BCUT2D eigenvalue weighted by Gasteiger charge is -1.90. The van der Waals surface area contributed by atoms with Gasteiger partial charge in [-0.25, -0.2) is 9.50 Å². The van der Waals surface area contributed by atoms with Gasteiger partial charge in [0.15, 0.2) is 5.65 Å². The molecule has 0 aromatic carbocycles. The molecule has 0 aliphatic heterocycles. The number of hydrogen-bond donors (Lipinski definition) is 1. The van der Waals surface area contributed by atoms with Gasteiger partial charge in [-0.05, 0) is 12.1 Å². The highest BCUT2D eigenvalue weighted by atomic mass is 16.1. The fourth-order valence-corrected chi connectivity index (χ4v) is 1.14. The number of rotatable bonds is 2. The van der Waals surface area contributed by atoms with Crippen LogP contribution in [0.25, 0.3) is 11.7 Å². The molecule has 2 aromatic rings. The van der Waals surface area contributed by atoms with Gasteiger partial charge in [0, 0.05) is 24.0 Å². The summed E-state index contributed by atoms with van der Waals surface area (Å²) in [4.78, 5) is 14.6. The molecule has 0 saturated carbocycles. The summed E-state index contributed by atoms with van der Waals surface area (Å²) in [5.74, 6) is -0.486. The Balaban J connectivity index is 2.48. The molecule has 2 N–H and O–H groups in total. The fraction of sp³-hybridized carbons (Fsp3) is 0. The first-order valence-corrected chi connectivity index (χ1v) is 4.03. The van der Waals surface area contributed by atoms with Crippen molar-refractivity contribution in [2.45, 2.75) is 0 Å². The van der Waals surface area contributed by atoms with E-state index in [0.717, 1.165) is 5.56 Å². The largest absolute Gasteiger partial charge is 0.366 e. The van der Waals surface area contributed by atoms with Crippen LogP contribution < -0.4 is 5.73 Å². The van der Waals surface area contributed by atoms with Crippen LogP contribution >= 0.6 is 0 Å². The molecular formula is C9H8N4O. The Morgan fingerprint density at radius 2 is 2.43 bits per heavy atom. The van der Waals surface area contributed by atoms with Crippen LogP contribution in [-0.2, 0) is 4.79 Å². The van der Waals surface area contributed by atoms with Crippen LogP contribution in [0.3, 0.4) is 0 Å². The fourth-order valence-electron chi connectivity index (χ4n) is 1.14. The molecular weight excluding hydrogens is 180 g/mol. The van der Waals surface area contributed by atoms with Gasteiger partial charge in [-0.3, -0.25) is 4.79 Å². The van der Waals surface area contributed by atoms with Crippen molar-refractivity contribution in [3.05, 3.63) is 36.3 Å². The summed E-state index contributed by atoms with van der Waals surface area (Å²) in [6, 6.07) is 1.78. The van der Waals surface area contributed by atoms with Crippen molar-refractivity contribution < 1.29 is 4.79 Å². The van der Waals surface area contributed by atoms with E-state index in [1.165, 1.54) is 6.08 Å². The Labute approximate surface area is 79.9 Å². The summed E-state index contributed by atoms with van der Waals surface area (Å²) < 4.78 is 1.63. The maximum absolute atomic E-state index is 10.5. The first kappa shape index (κ1) is 8.43. The van der Waals surface area contributed by atoms with E-state index in [-0.39, 0.29) is 0 Å². The van der Waals surface area contributed by atoms with Crippen LogP contribution in [-0.4, -0.2) is 20.5 Å². The molecule has 0 aliphatic carbocycles. The second kappa shape index (κ2) is 3.29. The maximum atomic E-state index is 10.5. The average molecular weight is 188 g/mol. The Kier molecular flexibility index (Phi) is 1.98. The van der Waals surface area contributed by atoms with Gasteiger partial charge >= 0.3 is 0 Å². The molecule has 14 heavy (non-hydrogen) atoms. The van der Waals surface area contributed by atoms with E-state index in [1.54, 1.807) is 35.2 Å². The van der Waals surface area contributed by atoms with Gasteiger partial charge in [0.1, 0.15) is 0 Å². The van der Waals surface area contributed by atoms with Crippen LogP contribution in [0, 0.1) is 0 Å². The number of nitrogens with two attached hydrogens (primary N) is 1. The van der Waals surface area contributed by atoms with Gasteiger partial charge in [0.25, 0.3) is 0 Å². The number of primary amides is 1. The van der Waals surface area contributed by atoms with Crippen molar-refractivity contribution in [1.29, 1.82) is 0 Å². The van der Waals surface area contributed by atoms with Crippen molar-refractivity contribution in [2.24, 2.45) is 5.73 Å². The van der Waals surface area contributed by atoms with Crippen LogP contribution in [0.2, 0.25) is 0 Å². The molecule has 5 nitrogen and oxygen atoms in total. The first-order chi connectivity index (χ1) is 6.77. The molecule has 2 heterocycles. The summed E-state index contributed by atoms with van der Waals surface area (Å²) >= 11 is 0. The zero-order valence-corrected chi connectivity index (χ0v) is 7.29. The van der Waals surface area contributed by atoms with Gasteiger partial charge in [0.2, 0.25) is 5.91 Å². The highest BCUT2D eigenvalue weighted by Gasteiger charge is 2.00. The van der Waals surface area contributed by atoms with Crippen molar-refractivity contribution >= 4 is 17.6 Å². The van der Waals surface area contributed by atoms with Gasteiger partial charge in [-0.15, -0.1) is 0 Å². The Bertz CT molecular complexity index is 500. The van der Waals surface area contributed by atoms with Crippen molar-refractivity contribution in [3.8, 4) is 0 Å². The van der Waals surface area contributed by atoms with E-state index in [1.807, 2.05) is 0 Å². The standard InChI is InChI=1S/C9H8N4O/c10-8(14)3-2-7-6-12-13-5-1-4-11-9(7)13/h1-6H,(H2,10,14)/b3-2-. The molecule has 0 saturated heterocycles. The SMILES string of the molecule is NC(=O)/C=C\c1cnn2cccnc12. The maximum Gasteiger partial charge on any atom is 0.241 e. The molecule has 0 atom stereocenters.